The minimum absolute atomic E-state index is 0.0176. The number of H-pyrrole nitrogens is 1. The summed E-state index contributed by atoms with van der Waals surface area (Å²) in [5, 5.41) is 2.20. The predicted octanol–water partition coefficient (Wildman–Crippen LogP) is 4.84. The lowest BCUT2D eigenvalue weighted by Gasteiger charge is -2.46. The van der Waals surface area contributed by atoms with Crippen LogP contribution in [0, 0.1) is 17.6 Å². The highest BCUT2D eigenvalue weighted by atomic mass is 19.1. The molecule has 0 radical (unpaired) electrons. The Bertz CT molecular complexity index is 1430. The monoisotopic (exact) mass is 505 g/mol. The van der Waals surface area contributed by atoms with Crippen molar-refractivity contribution < 1.29 is 18.3 Å². The smallest absolute Gasteiger partial charge is 0.210 e. The Labute approximate surface area is 213 Å². The molecule has 192 valence electrons. The van der Waals surface area contributed by atoms with Gasteiger partial charge in [0.1, 0.15) is 5.82 Å². The van der Waals surface area contributed by atoms with Crippen LogP contribution in [-0.4, -0.2) is 63.6 Å². The van der Waals surface area contributed by atoms with Crippen LogP contribution in [0.5, 0.6) is 5.75 Å². The lowest BCUT2D eigenvalue weighted by Crippen LogP contribution is -2.55. The molecule has 3 atom stereocenters. The number of fused-ring (bicyclic) bond motifs is 3. The number of nitrogens with zero attached hydrogens (tertiary/aromatic N) is 4. The van der Waals surface area contributed by atoms with Crippen molar-refractivity contribution in [2.24, 2.45) is 5.92 Å². The molecule has 6 rings (SSSR count). The number of likely N-dealkylation sites (tertiary alicyclic amines) is 2. The van der Waals surface area contributed by atoms with E-state index in [1.165, 1.54) is 17.7 Å². The number of halogens is 2. The van der Waals surface area contributed by atoms with E-state index in [0.29, 0.717) is 13.2 Å². The van der Waals surface area contributed by atoms with Crippen LogP contribution in [0.1, 0.15) is 37.2 Å². The molecule has 0 bridgehead atoms. The number of rotatable bonds is 6. The number of piperidine rings is 2. The quantitative estimate of drug-likeness (QED) is 0.380. The minimum atomic E-state index is -0.688. The number of hydrogen-bond acceptors (Lipinski definition) is 5. The summed E-state index contributed by atoms with van der Waals surface area (Å²) >= 11 is 0. The van der Waals surface area contributed by atoms with Gasteiger partial charge in [0.05, 0.1) is 24.5 Å². The Hall–Kier alpha value is -3.59. The van der Waals surface area contributed by atoms with Crippen LogP contribution in [0.4, 0.5) is 8.78 Å². The van der Waals surface area contributed by atoms with Gasteiger partial charge in [0.2, 0.25) is 6.41 Å². The maximum Gasteiger partial charge on any atom is 0.210 e. The zero-order chi connectivity index (χ0) is 25.4. The fourth-order valence-electron chi connectivity index (χ4n) is 6.05. The van der Waals surface area contributed by atoms with E-state index >= 15 is 0 Å². The number of amides is 1. The molecule has 5 heterocycles. The summed E-state index contributed by atoms with van der Waals surface area (Å²) in [5.41, 5.74) is 2.98. The van der Waals surface area contributed by atoms with Gasteiger partial charge >= 0.3 is 0 Å². The van der Waals surface area contributed by atoms with Gasteiger partial charge in [-0.1, -0.05) is 0 Å². The summed E-state index contributed by atoms with van der Waals surface area (Å²) in [6, 6.07) is 7.54. The van der Waals surface area contributed by atoms with Crippen molar-refractivity contribution in [2.45, 2.75) is 37.8 Å². The van der Waals surface area contributed by atoms with E-state index in [0.717, 1.165) is 73.2 Å². The maximum absolute atomic E-state index is 14.0. The lowest BCUT2D eigenvalue weighted by molar-refractivity contribution is -0.128. The number of pyridine rings is 2. The second-order valence-electron chi connectivity index (χ2n) is 10.1. The summed E-state index contributed by atoms with van der Waals surface area (Å²) in [6.45, 7) is 2.69. The molecule has 0 aliphatic carbocycles. The number of aromatic nitrogens is 3. The van der Waals surface area contributed by atoms with Crippen molar-refractivity contribution in [1.82, 2.24) is 24.8 Å². The highest BCUT2D eigenvalue weighted by Crippen LogP contribution is 2.38. The molecule has 1 aromatic carbocycles. The van der Waals surface area contributed by atoms with Gasteiger partial charge in [0.15, 0.2) is 17.2 Å². The van der Waals surface area contributed by atoms with Gasteiger partial charge in [-0.2, -0.15) is 0 Å². The van der Waals surface area contributed by atoms with Crippen molar-refractivity contribution in [3.63, 3.8) is 0 Å². The van der Waals surface area contributed by atoms with Gasteiger partial charge in [0.25, 0.3) is 0 Å². The number of benzene rings is 1. The molecule has 2 saturated heterocycles. The molecule has 2 aliphatic heterocycles. The van der Waals surface area contributed by atoms with Gasteiger partial charge in [-0.15, -0.1) is 0 Å². The molecule has 2 fully saturated rings. The van der Waals surface area contributed by atoms with Crippen molar-refractivity contribution in [2.75, 3.05) is 26.2 Å². The van der Waals surface area contributed by atoms with E-state index in [-0.39, 0.29) is 23.8 Å². The predicted molar refractivity (Wildman–Crippen MR) is 136 cm³/mol. The summed E-state index contributed by atoms with van der Waals surface area (Å²) < 4.78 is 33.0. The highest BCUT2D eigenvalue weighted by Gasteiger charge is 2.36. The van der Waals surface area contributed by atoms with Crippen LogP contribution >= 0.6 is 0 Å². The van der Waals surface area contributed by atoms with Crippen LogP contribution in [0.15, 0.2) is 48.9 Å². The molecule has 9 heteroatoms. The SMILES string of the molecule is O=CN1CCC(c2cc[nH]c3cnc4nccc4c23)CC1N1CCCC(COc2ccc(F)cc2F)C1. The molecule has 2 aliphatic rings. The number of carbonyl (C=O) groups is 1. The fraction of sp³-hybridized carbons (Fsp3) is 0.393. The standard InChI is InChI=1S/C28H29F2N5O2/c29-20-3-4-25(23(30)13-20)37-16-18-2-1-10-34(15-18)26-12-19(7-11-35(26)17-36)21-5-8-31-24-14-33-28-22(27(21)24)6-9-32-28/h3-6,8-9,13-14,17-19,26,31H,1-2,7,10-12,15-16H2. The second-order valence-corrected chi connectivity index (χ2v) is 10.1. The fourth-order valence-corrected chi connectivity index (χ4v) is 6.05. The lowest BCUT2D eigenvalue weighted by atomic mass is 9.84. The van der Waals surface area contributed by atoms with Crippen LogP contribution < -0.4 is 4.74 Å². The topological polar surface area (TPSA) is 74.4 Å². The molecule has 1 N–H and O–H groups in total. The first-order valence-electron chi connectivity index (χ1n) is 12.8. The van der Waals surface area contributed by atoms with E-state index in [9.17, 15) is 13.6 Å². The van der Waals surface area contributed by atoms with Crippen molar-refractivity contribution in [3.8, 4) is 5.75 Å². The Morgan fingerprint density at radius 1 is 1.14 bits per heavy atom. The Morgan fingerprint density at radius 2 is 2.05 bits per heavy atom. The molecule has 3 aromatic heterocycles. The van der Waals surface area contributed by atoms with E-state index in [1.54, 1.807) is 6.20 Å². The first kappa shape index (κ1) is 23.8. The van der Waals surface area contributed by atoms with Gasteiger partial charge in [-0.3, -0.25) is 9.69 Å². The molecule has 1 amide bonds. The maximum atomic E-state index is 14.0. The molecule has 0 saturated carbocycles. The number of hydrogen-bond donors (Lipinski definition) is 1. The molecule has 7 nitrogen and oxygen atoms in total. The molecule has 0 spiro atoms. The van der Waals surface area contributed by atoms with Crippen LogP contribution in [0.25, 0.3) is 21.9 Å². The first-order chi connectivity index (χ1) is 18.1. The van der Waals surface area contributed by atoms with E-state index in [2.05, 4.69) is 25.9 Å². The van der Waals surface area contributed by atoms with Gasteiger partial charge in [0, 0.05) is 54.8 Å². The Balaban J connectivity index is 1.21. The van der Waals surface area contributed by atoms with Gasteiger partial charge in [-0.05, 0) is 61.4 Å². The summed E-state index contributed by atoms with van der Waals surface area (Å²) in [6.07, 6.45) is 10.2. The number of aromatic amines is 1. The third kappa shape index (κ3) is 4.64. The Morgan fingerprint density at radius 3 is 2.92 bits per heavy atom. The summed E-state index contributed by atoms with van der Waals surface area (Å²) in [7, 11) is 0. The summed E-state index contributed by atoms with van der Waals surface area (Å²) in [5.74, 6) is -0.762. The zero-order valence-corrected chi connectivity index (χ0v) is 20.4. The largest absolute Gasteiger partial charge is 0.490 e. The normalized spacial score (nSPS) is 23.0. The summed E-state index contributed by atoms with van der Waals surface area (Å²) in [4.78, 5) is 28.5. The average molecular weight is 506 g/mol. The minimum Gasteiger partial charge on any atom is -0.490 e. The number of ether oxygens (including phenoxy) is 1. The van der Waals surface area contributed by atoms with Crippen LogP contribution in [0.2, 0.25) is 0 Å². The molecule has 3 unspecified atom stereocenters. The molecule has 37 heavy (non-hydrogen) atoms. The molecular formula is C28H29F2N5O2. The Kier molecular flexibility index (Phi) is 6.46. The van der Waals surface area contributed by atoms with Crippen molar-refractivity contribution >= 4 is 28.3 Å². The van der Waals surface area contributed by atoms with Crippen molar-refractivity contribution in [1.29, 1.82) is 0 Å². The first-order valence-corrected chi connectivity index (χ1v) is 12.8. The van der Waals surface area contributed by atoms with E-state index < -0.39 is 11.6 Å². The van der Waals surface area contributed by atoms with Crippen molar-refractivity contribution in [3.05, 3.63) is 66.1 Å². The molecule has 4 aromatic rings. The van der Waals surface area contributed by atoms with E-state index in [1.807, 2.05) is 23.4 Å². The third-order valence-electron chi connectivity index (χ3n) is 7.85. The average Bonchev–Trinajstić information content (AvgIpc) is 3.41. The zero-order valence-electron chi connectivity index (χ0n) is 20.4. The van der Waals surface area contributed by atoms with E-state index in [4.69, 9.17) is 4.74 Å². The van der Waals surface area contributed by atoms with Crippen LogP contribution in [0.3, 0.4) is 0 Å². The van der Waals surface area contributed by atoms with Gasteiger partial charge in [-0.25, -0.2) is 18.7 Å². The number of nitrogens with one attached hydrogen (secondary N) is 1. The highest BCUT2D eigenvalue weighted by molar-refractivity contribution is 6.05. The number of carbonyl (C=O) groups excluding carboxylic acids is 1. The molecular weight excluding hydrogens is 476 g/mol. The van der Waals surface area contributed by atoms with Gasteiger partial charge < -0.3 is 14.6 Å². The van der Waals surface area contributed by atoms with Crippen LogP contribution in [-0.2, 0) is 4.79 Å². The third-order valence-corrected chi connectivity index (χ3v) is 7.85. The second kappa shape index (κ2) is 10.0.